The first-order valence-electron chi connectivity index (χ1n) is 7.95. The van der Waals surface area contributed by atoms with E-state index < -0.39 is 11.2 Å². The van der Waals surface area contributed by atoms with E-state index in [9.17, 15) is 9.90 Å². The van der Waals surface area contributed by atoms with Gasteiger partial charge in [-0.05, 0) is 53.0 Å². The van der Waals surface area contributed by atoms with Crippen LogP contribution in [0.25, 0.3) is 5.57 Å². The van der Waals surface area contributed by atoms with E-state index in [0.29, 0.717) is 6.54 Å². The summed E-state index contributed by atoms with van der Waals surface area (Å²) >= 11 is 0. The minimum Gasteiger partial charge on any atom is -0.444 e. The summed E-state index contributed by atoms with van der Waals surface area (Å²) < 4.78 is 7.24. The molecular formula is C17H27N3O3. The lowest BCUT2D eigenvalue weighted by atomic mass is 10.1. The second kappa shape index (κ2) is 6.35. The highest BCUT2D eigenvalue weighted by Crippen LogP contribution is 2.28. The van der Waals surface area contributed by atoms with Gasteiger partial charge in [0.25, 0.3) is 0 Å². The van der Waals surface area contributed by atoms with Crippen molar-refractivity contribution in [2.75, 3.05) is 0 Å². The summed E-state index contributed by atoms with van der Waals surface area (Å²) in [6.45, 7) is 9.56. The molecule has 23 heavy (non-hydrogen) atoms. The molecule has 0 radical (unpaired) electrons. The normalized spacial score (nSPS) is 18.7. The smallest absolute Gasteiger partial charge is 0.407 e. The third-order valence-corrected chi connectivity index (χ3v) is 3.43. The maximum Gasteiger partial charge on any atom is 0.407 e. The lowest BCUT2D eigenvalue weighted by Gasteiger charge is -2.22. The van der Waals surface area contributed by atoms with Crippen LogP contribution in [0.5, 0.6) is 0 Å². The van der Waals surface area contributed by atoms with E-state index >= 15 is 0 Å². The number of nitrogens with zero attached hydrogens (tertiary/aromatic N) is 2. The molecule has 0 saturated heterocycles. The highest BCUT2D eigenvalue weighted by Gasteiger charge is 2.25. The Morgan fingerprint density at radius 3 is 2.74 bits per heavy atom. The number of alkyl carbamates (subject to hydrolysis) is 1. The molecule has 1 aromatic rings. The molecule has 0 bridgehead atoms. The van der Waals surface area contributed by atoms with Crippen LogP contribution in [0.1, 0.15) is 53.2 Å². The lowest BCUT2D eigenvalue weighted by molar-refractivity contribution is 0.0507. The Kier molecular flexibility index (Phi) is 4.84. The third kappa shape index (κ3) is 5.39. The largest absolute Gasteiger partial charge is 0.444 e. The van der Waals surface area contributed by atoms with Crippen molar-refractivity contribution in [1.82, 2.24) is 14.9 Å². The topological polar surface area (TPSA) is 76.4 Å². The van der Waals surface area contributed by atoms with Crippen molar-refractivity contribution in [2.45, 2.75) is 71.2 Å². The highest BCUT2D eigenvalue weighted by molar-refractivity contribution is 5.71. The molecule has 6 heteroatoms. The van der Waals surface area contributed by atoms with E-state index in [2.05, 4.69) is 16.4 Å². The standard InChI is InChI=1S/C17H27N3O3/c1-16(2,3)23-15(21)19-13-7-6-12(8-13)14-9-18-11-20(14)10-17(4,5)22/h6,9,11,13,22H,7-8,10H2,1-5H3,(H,19,21). The molecule has 0 aliphatic heterocycles. The van der Waals surface area contributed by atoms with Gasteiger partial charge >= 0.3 is 6.09 Å². The Morgan fingerprint density at radius 1 is 1.43 bits per heavy atom. The van der Waals surface area contributed by atoms with Crippen molar-refractivity contribution >= 4 is 11.7 Å². The predicted molar refractivity (Wildman–Crippen MR) is 88.9 cm³/mol. The number of carbonyl (C=O) groups excluding carboxylic acids is 1. The zero-order valence-electron chi connectivity index (χ0n) is 14.6. The first-order valence-corrected chi connectivity index (χ1v) is 7.95. The van der Waals surface area contributed by atoms with Gasteiger partial charge in [-0.25, -0.2) is 9.78 Å². The van der Waals surface area contributed by atoms with Crippen molar-refractivity contribution in [1.29, 1.82) is 0 Å². The van der Waals surface area contributed by atoms with Crippen molar-refractivity contribution in [3.63, 3.8) is 0 Å². The Balaban J connectivity index is 1.96. The second-order valence-corrected chi connectivity index (χ2v) is 7.73. The first kappa shape index (κ1) is 17.5. The van der Waals surface area contributed by atoms with Crippen LogP contribution in [0, 0.1) is 0 Å². The summed E-state index contributed by atoms with van der Waals surface area (Å²) in [4.78, 5) is 16.0. The highest BCUT2D eigenvalue weighted by atomic mass is 16.6. The van der Waals surface area contributed by atoms with E-state index in [0.717, 1.165) is 24.1 Å². The fourth-order valence-corrected chi connectivity index (χ4v) is 2.64. The van der Waals surface area contributed by atoms with Gasteiger partial charge in [0.1, 0.15) is 5.60 Å². The van der Waals surface area contributed by atoms with Gasteiger partial charge < -0.3 is 19.7 Å². The van der Waals surface area contributed by atoms with Gasteiger partial charge in [0.05, 0.1) is 30.4 Å². The van der Waals surface area contributed by atoms with Gasteiger partial charge in [-0.1, -0.05) is 6.08 Å². The number of carbonyl (C=O) groups is 1. The van der Waals surface area contributed by atoms with Gasteiger partial charge in [-0.15, -0.1) is 0 Å². The molecule has 0 saturated carbocycles. The van der Waals surface area contributed by atoms with E-state index in [1.807, 2.05) is 25.3 Å². The number of ether oxygens (including phenoxy) is 1. The van der Waals surface area contributed by atoms with Crippen LogP contribution in [-0.4, -0.2) is 38.0 Å². The van der Waals surface area contributed by atoms with Gasteiger partial charge in [-0.2, -0.15) is 0 Å². The minimum absolute atomic E-state index is 0.0327. The summed E-state index contributed by atoms with van der Waals surface area (Å²) in [7, 11) is 0. The molecule has 128 valence electrons. The number of hydrogen-bond donors (Lipinski definition) is 2. The second-order valence-electron chi connectivity index (χ2n) is 7.73. The van der Waals surface area contributed by atoms with Crippen LogP contribution in [0.4, 0.5) is 4.79 Å². The SMILES string of the molecule is CC(C)(O)Cn1cncc1C1=CCC(NC(=O)OC(C)(C)C)C1. The molecule has 0 aromatic carbocycles. The molecule has 1 atom stereocenters. The average molecular weight is 321 g/mol. The van der Waals surface area contributed by atoms with Crippen LogP contribution in [0.2, 0.25) is 0 Å². The molecular weight excluding hydrogens is 294 g/mol. The van der Waals surface area contributed by atoms with E-state index in [4.69, 9.17) is 4.74 Å². The van der Waals surface area contributed by atoms with Crippen LogP contribution in [-0.2, 0) is 11.3 Å². The van der Waals surface area contributed by atoms with Crippen molar-refractivity contribution in [3.8, 4) is 0 Å². The van der Waals surface area contributed by atoms with Gasteiger partial charge in [-0.3, -0.25) is 0 Å². The Bertz CT molecular complexity index is 591. The maximum atomic E-state index is 11.9. The van der Waals surface area contributed by atoms with E-state index in [-0.39, 0.29) is 12.1 Å². The summed E-state index contributed by atoms with van der Waals surface area (Å²) in [5, 5.41) is 12.9. The monoisotopic (exact) mass is 321 g/mol. The molecule has 1 aliphatic carbocycles. The van der Waals surface area contributed by atoms with Crippen molar-refractivity contribution in [2.24, 2.45) is 0 Å². The molecule has 1 aliphatic rings. The first-order chi connectivity index (χ1) is 10.5. The molecule has 6 nitrogen and oxygen atoms in total. The van der Waals surface area contributed by atoms with Crippen molar-refractivity contribution < 1.29 is 14.6 Å². The predicted octanol–water partition coefficient (Wildman–Crippen LogP) is 2.72. The Labute approximate surface area is 137 Å². The summed E-state index contributed by atoms with van der Waals surface area (Å²) in [6.07, 6.45) is 6.75. The minimum atomic E-state index is -0.803. The number of aliphatic hydroxyl groups is 1. The lowest BCUT2D eigenvalue weighted by Crippen LogP contribution is -2.38. The van der Waals surface area contributed by atoms with Crippen LogP contribution >= 0.6 is 0 Å². The van der Waals surface area contributed by atoms with Crippen LogP contribution < -0.4 is 5.32 Å². The number of imidazole rings is 1. The molecule has 0 fully saturated rings. The van der Waals surface area contributed by atoms with Crippen LogP contribution in [0.15, 0.2) is 18.6 Å². The van der Waals surface area contributed by atoms with Gasteiger partial charge in [0.2, 0.25) is 0 Å². The Hall–Kier alpha value is -1.82. The quantitative estimate of drug-likeness (QED) is 0.894. The summed E-state index contributed by atoms with van der Waals surface area (Å²) in [5.74, 6) is 0. The number of hydrogen-bond acceptors (Lipinski definition) is 4. The molecule has 2 N–H and O–H groups in total. The molecule has 1 aromatic heterocycles. The number of amides is 1. The van der Waals surface area contributed by atoms with Gasteiger partial charge in [0, 0.05) is 6.04 Å². The molecule has 2 rings (SSSR count). The molecule has 0 spiro atoms. The van der Waals surface area contributed by atoms with Crippen molar-refractivity contribution in [3.05, 3.63) is 24.3 Å². The summed E-state index contributed by atoms with van der Waals surface area (Å²) in [5.41, 5.74) is 0.820. The zero-order chi connectivity index (χ0) is 17.3. The fraction of sp³-hybridized carbons (Fsp3) is 0.647. The number of rotatable bonds is 4. The van der Waals surface area contributed by atoms with Gasteiger partial charge in [0.15, 0.2) is 0 Å². The average Bonchev–Trinajstić information content (AvgIpc) is 2.93. The van der Waals surface area contributed by atoms with E-state index in [1.54, 1.807) is 26.4 Å². The number of nitrogens with one attached hydrogen (secondary N) is 1. The number of aromatic nitrogens is 2. The maximum absolute atomic E-state index is 11.9. The third-order valence-electron chi connectivity index (χ3n) is 3.43. The van der Waals surface area contributed by atoms with E-state index in [1.165, 1.54) is 0 Å². The zero-order valence-corrected chi connectivity index (χ0v) is 14.6. The fourth-order valence-electron chi connectivity index (χ4n) is 2.64. The summed E-state index contributed by atoms with van der Waals surface area (Å²) in [6, 6.07) is 0.0327. The molecule has 1 heterocycles. The van der Waals surface area contributed by atoms with Crippen LogP contribution in [0.3, 0.4) is 0 Å². The molecule has 1 unspecified atom stereocenters. The molecule has 1 amide bonds. The Morgan fingerprint density at radius 2 is 2.13 bits per heavy atom.